The third-order valence-corrected chi connectivity index (χ3v) is 8.98. The van der Waals surface area contributed by atoms with Gasteiger partial charge in [-0.15, -0.1) is 0 Å². The molecule has 9 nitrogen and oxygen atoms in total. The number of aromatic nitrogens is 2. The smallest absolute Gasteiger partial charge is 0.251 e. The van der Waals surface area contributed by atoms with Gasteiger partial charge in [0.1, 0.15) is 17.2 Å². The van der Waals surface area contributed by atoms with E-state index in [4.69, 9.17) is 9.47 Å². The number of piperidine rings is 1. The lowest BCUT2D eigenvalue weighted by molar-refractivity contribution is -0.171. The summed E-state index contributed by atoms with van der Waals surface area (Å²) in [5, 5.41) is 2.74. The molecule has 1 atom stereocenters. The van der Waals surface area contributed by atoms with E-state index in [-0.39, 0.29) is 11.2 Å². The van der Waals surface area contributed by atoms with Crippen molar-refractivity contribution >= 4 is 15.9 Å². The van der Waals surface area contributed by atoms with E-state index in [1.54, 1.807) is 17.6 Å². The predicted molar refractivity (Wildman–Crippen MR) is 116 cm³/mol. The predicted octanol–water partition coefficient (Wildman–Crippen LogP) is 1.39. The first-order valence-corrected chi connectivity index (χ1v) is 12.5. The number of amides is 1. The van der Waals surface area contributed by atoms with E-state index in [0.717, 1.165) is 30.0 Å². The van der Waals surface area contributed by atoms with Gasteiger partial charge in [-0.25, -0.2) is 17.7 Å². The van der Waals surface area contributed by atoms with Gasteiger partial charge in [0, 0.05) is 32.0 Å². The maximum atomic E-state index is 13.0. The largest absolute Gasteiger partial charge is 0.497 e. The first-order chi connectivity index (χ1) is 15.4. The van der Waals surface area contributed by atoms with Crippen LogP contribution >= 0.6 is 0 Å². The van der Waals surface area contributed by atoms with Gasteiger partial charge in [0.2, 0.25) is 10.0 Å². The first-order valence-electron chi connectivity index (χ1n) is 11.0. The van der Waals surface area contributed by atoms with Crippen LogP contribution in [0, 0.1) is 0 Å². The highest BCUT2D eigenvalue weighted by Gasteiger charge is 2.50. The van der Waals surface area contributed by atoms with Gasteiger partial charge in [0.15, 0.2) is 6.10 Å². The van der Waals surface area contributed by atoms with Gasteiger partial charge < -0.3 is 19.4 Å². The Morgan fingerprint density at radius 3 is 2.81 bits per heavy atom. The summed E-state index contributed by atoms with van der Waals surface area (Å²) in [6, 6.07) is 7.55. The quantitative estimate of drug-likeness (QED) is 0.699. The summed E-state index contributed by atoms with van der Waals surface area (Å²) in [6.07, 6.45) is 5.36. The van der Waals surface area contributed by atoms with Crippen molar-refractivity contribution in [2.24, 2.45) is 0 Å². The van der Waals surface area contributed by atoms with Crippen LogP contribution in [-0.4, -0.2) is 59.7 Å². The van der Waals surface area contributed by atoms with Gasteiger partial charge in [-0.1, -0.05) is 12.1 Å². The second kappa shape index (κ2) is 8.17. The number of methoxy groups -OCH3 is 1. The molecule has 3 aliphatic rings. The van der Waals surface area contributed by atoms with Crippen molar-refractivity contribution in [2.45, 2.75) is 55.7 Å². The molecule has 2 fully saturated rings. The number of nitrogens with one attached hydrogen (secondary N) is 1. The zero-order valence-corrected chi connectivity index (χ0v) is 18.9. The molecule has 1 saturated heterocycles. The molecule has 1 N–H and O–H groups in total. The monoisotopic (exact) mass is 460 g/mol. The first kappa shape index (κ1) is 21.4. The highest BCUT2D eigenvalue weighted by atomic mass is 32.2. The Morgan fingerprint density at radius 1 is 1.31 bits per heavy atom. The molecule has 172 valence electrons. The molecule has 1 spiro atoms. The molecule has 0 unspecified atom stereocenters. The maximum Gasteiger partial charge on any atom is 0.251 e. The van der Waals surface area contributed by atoms with E-state index in [0.29, 0.717) is 39.0 Å². The lowest BCUT2D eigenvalue weighted by Crippen LogP contribution is -2.54. The third kappa shape index (κ3) is 3.91. The van der Waals surface area contributed by atoms with Crippen LogP contribution in [0.1, 0.15) is 37.1 Å². The number of carbonyl (C=O) groups is 1. The second-order valence-electron chi connectivity index (χ2n) is 8.72. The van der Waals surface area contributed by atoms with Crippen LogP contribution in [0.2, 0.25) is 0 Å². The SMILES string of the molecule is COc1cccc(CNC(=O)[C@@H]2Cn3ccnc3C3(CCN(S(=O)(=O)C4CC4)CC3)O2)c1. The Kier molecular flexibility index (Phi) is 5.47. The Hall–Kier alpha value is -2.43. The van der Waals surface area contributed by atoms with Gasteiger partial charge >= 0.3 is 0 Å². The Balaban J connectivity index is 1.28. The minimum Gasteiger partial charge on any atom is -0.497 e. The fraction of sp³-hybridized carbons (Fsp3) is 0.545. The molecular formula is C22H28N4O5S. The fourth-order valence-corrected chi connectivity index (χ4v) is 6.48. The molecule has 10 heteroatoms. The van der Waals surface area contributed by atoms with Crippen molar-refractivity contribution < 1.29 is 22.7 Å². The molecule has 1 amide bonds. The van der Waals surface area contributed by atoms with Gasteiger partial charge in [0.05, 0.1) is 18.9 Å². The lowest BCUT2D eigenvalue weighted by Gasteiger charge is -2.45. The van der Waals surface area contributed by atoms with Crippen molar-refractivity contribution in [3.8, 4) is 5.75 Å². The van der Waals surface area contributed by atoms with Crippen LogP contribution < -0.4 is 10.1 Å². The van der Waals surface area contributed by atoms with Crippen LogP contribution in [0.5, 0.6) is 5.75 Å². The summed E-state index contributed by atoms with van der Waals surface area (Å²) in [4.78, 5) is 17.5. The number of nitrogens with zero attached hydrogens (tertiary/aromatic N) is 3. The minimum atomic E-state index is -3.22. The van der Waals surface area contributed by atoms with Crippen molar-refractivity contribution in [3.05, 3.63) is 48.0 Å². The molecule has 1 aromatic heterocycles. The Morgan fingerprint density at radius 2 is 2.09 bits per heavy atom. The molecule has 2 aromatic rings. The average Bonchev–Trinajstić information content (AvgIpc) is 3.56. The standard InChI is InChI=1S/C22H28N4O5S/c1-30-17-4-2-3-16(13-17)14-24-20(27)19-15-25-12-9-23-21(25)22(31-19)7-10-26(11-8-22)32(28,29)18-5-6-18/h2-4,9,12-13,18-19H,5-8,10-11,14-15H2,1H3,(H,24,27)/t19-/m0/s1. The van der Waals surface area contributed by atoms with E-state index in [2.05, 4.69) is 10.3 Å². The molecule has 0 radical (unpaired) electrons. The maximum absolute atomic E-state index is 13.0. The van der Waals surface area contributed by atoms with Crippen molar-refractivity contribution in [1.29, 1.82) is 0 Å². The van der Waals surface area contributed by atoms with Gasteiger partial charge in [0.25, 0.3) is 5.91 Å². The van der Waals surface area contributed by atoms with Gasteiger partial charge in [-0.3, -0.25) is 4.79 Å². The molecule has 1 aliphatic carbocycles. The Bertz CT molecular complexity index is 1100. The number of carbonyl (C=O) groups excluding carboxylic acids is 1. The number of benzene rings is 1. The minimum absolute atomic E-state index is 0.195. The summed E-state index contributed by atoms with van der Waals surface area (Å²) < 4.78 is 40.5. The summed E-state index contributed by atoms with van der Waals surface area (Å²) in [5.41, 5.74) is 0.181. The number of hydrogen-bond acceptors (Lipinski definition) is 6. The molecule has 2 aliphatic heterocycles. The highest BCUT2D eigenvalue weighted by molar-refractivity contribution is 7.90. The zero-order valence-electron chi connectivity index (χ0n) is 18.1. The number of imidazole rings is 1. The number of rotatable bonds is 6. The zero-order chi connectivity index (χ0) is 22.3. The lowest BCUT2D eigenvalue weighted by atomic mass is 9.89. The average molecular weight is 461 g/mol. The van der Waals surface area contributed by atoms with Crippen molar-refractivity contribution in [3.63, 3.8) is 0 Å². The molecule has 1 aromatic carbocycles. The van der Waals surface area contributed by atoms with Crippen LogP contribution in [0.3, 0.4) is 0 Å². The molecule has 0 bridgehead atoms. The summed E-state index contributed by atoms with van der Waals surface area (Å²) in [5.74, 6) is 1.32. The third-order valence-electron chi connectivity index (χ3n) is 6.58. The topological polar surface area (TPSA) is 103 Å². The summed E-state index contributed by atoms with van der Waals surface area (Å²) in [7, 11) is -1.61. The number of ether oxygens (including phenoxy) is 2. The van der Waals surface area contributed by atoms with Crippen molar-refractivity contribution in [2.75, 3.05) is 20.2 Å². The molecule has 1 saturated carbocycles. The van der Waals surface area contributed by atoms with Crippen molar-refractivity contribution in [1.82, 2.24) is 19.2 Å². The van der Waals surface area contributed by atoms with E-state index >= 15 is 0 Å². The molecule has 32 heavy (non-hydrogen) atoms. The van der Waals surface area contributed by atoms with E-state index in [1.807, 2.05) is 35.0 Å². The van der Waals surface area contributed by atoms with Crippen LogP contribution in [-0.2, 0) is 38.2 Å². The van der Waals surface area contributed by atoms with E-state index < -0.39 is 21.7 Å². The number of sulfonamides is 1. The van der Waals surface area contributed by atoms with Crippen LogP contribution in [0.25, 0.3) is 0 Å². The van der Waals surface area contributed by atoms with Gasteiger partial charge in [-0.2, -0.15) is 0 Å². The summed E-state index contributed by atoms with van der Waals surface area (Å²) in [6.45, 7) is 1.51. The van der Waals surface area contributed by atoms with Crippen LogP contribution in [0.15, 0.2) is 36.7 Å². The molecular weight excluding hydrogens is 432 g/mol. The fourth-order valence-electron chi connectivity index (χ4n) is 4.64. The van der Waals surface area contributed by atoms with E-state index in [1.165, 1.54) is 0 Å². The highest BCUT2D eigenvalue weighted by Crippen LogP contribution is 2.42. The van der Waals surface area contributed by atoms with E-state index in [9.17, 15) is 13.2 Å². The molecule has 5 rings (SSSR count). The summed E-state index contributed by atoms with van der Waals surface area (Å²) >= 11 is 0. The number of fused-ring (bicyclic) bond motifs is 2. The Labute approximate surface area is 187 Å². The normalized spacial score (nSPS) is 23.0. The molecule has 3 heterocycles. The number of hydrogen-bond donors (Lipinski definition) is 1. The van der Waals surface area contributed by atoms with Gasteiger partial charge in [-0.05, 0) is 43.4 Å². The second-order valence-corrected chi connectivity index (χ2v) is 10.9. The van der Waals surface area contributed by atoms with Crippen LogP contribution in [0.4, 0.5) is 0 Å².